The highest BCUT2D eigenvalue weighted by molar-refractivity contribution is 14.1. The SMILES string of the molecule is Nc1ccc(CN2CCN(OI)CC2)cc1. The number of hydroxylamine groups is 2. The van der Waals surface area contributed by atoms with Crippen molar-refractivity contribution in [3.63, 3.8) is 0 Å². The quantitative estimate of drug-likeness (QED) is 0.675. The van der Waals surface area contributed by atoms with E-state index in [4.69, 9.17) is 8.90 Å². The second-order valence-electron chi connectivity index (χ2n) is 4.02. The zero-order valence-corrected chi connectivity index (χ0v) is 11.3. The van der Waals surface area contributed by atoms with Crippen molar-refractivity contribution in [3.05, 3.63) is 29.8 Å². The number of nitrogen functional groups attached to an aromatic ring is 1. The number of nitrogens with two attached hydrogens (primary N) is 1. The first-order valence-corrected chi connectivity index (χ1v) is 6.26. The molecule has 0 radical (unpaired) electrons. The van der Waals surface area contributed by atoms with Gasteiger partial charge in [-0.1, -0.05) is 12.1 Å². The zero-order valence-electron chi connectivity index (χ0n) is 9.10. The molecular formula is C11H16IN3O. The Hall–Kier alpha value is -0.370. The molecule has 5 heteroatoms. The van der Waals surface area contributed by atoms with E-state index in [1.54, 1.807) is 0 Å². The third-order valence-electron chi connectivity index (χ3n) is 2.81. The van der Waals surface area contributed by atoms with Crippen LogP contribution in [0.4, 0.5) is 5.69 Å². The standard InChI is InChI=1S/C11H16IN3O/c12-16-15-7-5-14(6-8-15)9-10-1-3-11(13)4-2-10/h1-4H,5-9,13H2. The molecule has 0 saturated carbocycles. The number of rotatable bonds is 3. The number of piperazine rings is 1. The van der Waals surface area contributed by atoms with Crippen molar-refractivity contribution in [2.45, 2.75) is 6.54 Å². The van der Waals surface area contributed by atoms with Crippen molar-refractivity contribution in [1.29, 1.82) is 0 Å². The van der Waals surface area contributed by atoms with Crippen LogP contribution in [0.5, 0.6) is 0 Å². The molecule has 1 aliphatic rings. The predicted molar refractivity (Wildman–Crippen MR) is 72.8 cm³/mol. The molecule has 0 unspecified atom stereocenters. The van der Waals surface area contributed by atoms with Crippen LogP contribution < -0.4 is 5.73 Å². The third-order valence-corrected chi connectivity index (χ3v) is 3.37. The second-order valence-corrected chi connectivity index (χ2v) is 4.41. The van der Waals surface area contributed by atoms with E-state index in [1.165, 1.54) is 5.56 Å². The Morgan fingerprint density at radius 3 is 2.31 bits per heavy atom. The summed E-state index contributed by atoms with van der Waals surface area (Å²) in [5, 5.41) is 1.99. The van der Waals surface area contributed by atoms with Gasteiger partial charge >= 0.3 is 0 Å². The summed E-state index contributed by atoms with van der Waals surface area (Å²) in [6.07, 6.45) is 0. The Morgan fingerprint density at radius 1 is 1.12 bits per heavy atom. The molecule has 1 aromatic rings. The molecule has 0 aliphatic carbocycles. The van der Waals surface area contributed by atoms with Crippen LogP contribution >= 0.6 is 23.0 Å². The lowest BCUT2D eigenvalue weighted by Gasteiger charge is -2.32. The van der Waals surface area contributed by atoms with Crippen molar-refractivity contribution in [2.24, 2.45) is 0 Å². The Labute approximate surface area is 110 Å². The minimum absolute atomic E-state index is 0.826. The van der Waals surface area contributed by atoms with Gasteiger partial charge in [0, 0.05) is 38.4 Å². The van der Waals surface area contributed by atoms with Gasteiger partial charge in [-0.2, -0.15) is 5.06 Å². The highest BCUT2D eigenvalue weighted by Crippen LogP contribution is 2.11. The van der Waals surface area contributed by atoms with Crippen molar-refractivity contribution in [3.8, 4) is 0 Å². The minimum Gasteiger partial charge on any atom is -0.399 e. The summed E-state index contributed by atoms with van der Waals surface area (Å²) in [6, 6.07) is 8.10. The van der Waals surface area contributed by atoms with Gasteiger partial charge in [-0.05, 0) is 17.7 Å². The normalized spacial score (nSPS) is 18.8. The summed E-state index contributed by atoms with van der Waals surface area (Å²) >= 11 is 1.93. The Bertz CT molecular complexity index is 323. The summed E-state index contributed by atoms with van der Waals surface area (Å²) in [4.78, 5) is 2.43. The first-order chi connectivity index (χ1) is 7.78. The van der Waals surface area contributed by atoms with Crippen LogP contribution in [0.1, 0.15) is 5.56 Å². The van der Waals surface area contributed by atoms with Crippen LogP contribution in [0, 0.1) is 0 Å². The number of halogens is 1. The average Bonchev–Trinajstić information content (AvgIpc) is 2.33. The Balaban J connectivity index is 1.84. The average molecular weight is 333 g/mol. The maximum atomic E-state index is 5.66. The van der Waals surface area contributed by atoms with Crippen molar-refractivity contribution in [1.82, 2.24) is 9.96 Å². The van der Waals surface area contributed by atoms with E-state index in [-0.39, 0.29) is 0 Å². The van der Waals surface area contributed by atoms with Crippen LogP contribution in [0.25, 0.3) is 0 Å². The van der Waals surface area contributed by atoms with Crippen molar-refractivity contribution in [2.75, 3.05) is 31.9 Å². The maximum Gasteiger partial charge on any atom is 0.137 e. The maximum absolute atomic E-state index is 5.66. The van der Waals surface area contributed by atoms with Gasteiger partial charge in [-0.3, -0.25) is 4.90 Å². The molecule has 2 N–H and O–H groups in total. The van der Waals surface area contributed by atoms with E-state index in [9.17, 15) is 0 Å². The van der Waals surface area contributed by atoms with E-state index in [2.05, 4.69) is 17.0 Å². The summed E-state index contributed by atoms with van der Waals surface area (Å²) < 4.78 is 5.17. The van der Waals surface area contributed by atoms with Crippen LogP contribution in [-0.4, -0.2) is 36.1 Å². The Morgan fingerprint density at radius 2 is 1.75 bits per heavy atom. The van der Waals surface area contributed by atoms with Gasteiger partial charge < -0.3 is 5.73 Å². The molecule has 88 valence electrons. The van der Waals surface area contributed by atoms with E-state index < -0.39 is 0 Å². The molecule has 1 fully saturated rings. The van der Waals surface area contributed by atoms with E-state index in [0.717, 1.165) is 38.4 Å². The smallest absolute Gasteiger partial charge is 0.137 e. The zero-order chi connectivity index (χ0) is 11.4. The lowest BCUT2D eigenvalue weighted by atomic mass is 10.2. The molecule has 4 nitrogen and oxygen atoms in total. The topological polar surface area (TPSA) is 41.7 Å². The fraction of sp³-hybridized carbons (Fsp3) is 0.455. The van der Waals surface area contributed by atoms with Gasteiger partial charge in [-0.25, -0.2) is 3.17 Å². The minimum atomic E-state index is 0.826. The van der Waals surface area contributed by atoms with Crippen LogP contribution in [-0.2, 0) is 9.71 Å². The fourth-order valence-corrected chi connectivity index (χ4v) is 2.23. The first-order valence-electron chi connectivity index (χ1n) is 5.38. The van der Waals surface area contributed by atoms with Crippen LogP contribution in [0.15, 0.2) is 24.3 Å². The molecule has 16 heavy (non-hydrogen) atoms. The second kappa shape index (κ2) is 5.81. The van der Waals surface area contributed by atoms with Gasteiger partial charge in [-0.15, -0.1) is 0 Å². The number of hydrogen-bond acceptors (Lipinski definition) is 4. The lowest BCUT2D eigenvalue weighted by molar-refractivity contribution is -0.0510. The molecule has 1 saturated heterocycles. The molecule has 2 rings (SSSR count). The molecule has 0 amide bonds. The molecule has 0 aromatic heterocycles. The van der Waals surface area contributed by atoms with Crippen molar-refractivity contribution >= 4 is 28.7 Å². The predicted octanol–water partition coefficient (Wildman–Crippen LogP) is 1.67. The molecule has 1 aliphatic heterocycles. The van der Waals surface area contributed by atoms with Crippen LogP contribution in [0.2, 0.25) is 0 Å². The summed E-state index contributed by atoms with van der Waals surface area (Å²) in [5.74, 6) is 0. The van der Waals surface area contributed by atoms with Crippen LogP contribution in [0.3, 0.4) is 0 Å². The van der Waals surface area contributed by atoms with E-state index in [0.29, 0.717) is 0 Å². The van der Waals surface area contributed by atoms with Gasteiger partial charge in [0.2, 0.25) is 0 Å². The molecule has 1 aromatic carbocycles. The van der Waals surface area contributed by atoms with Gasteiger partial charge in [0.15, 0.2) is 0 Å². The number of hydrogen-bond donors (Lipinski definition) is 1. The largest absolute Gasteiger partial charge is 0.399 e. The summed E-state index contributed by atoms with van der Waals surface area (Å²) in [7, 11) is 0. The monoisotopic (exact) mass is 333 g/mol. The molecule has 1 heterocycles. The Kier molecular flexibility index (Phi) is 4.39. The number of benzene rings is 1. The van der Waals surface area contributed by atoms with E-state index >= 15 is 0 Å². The van der Waals surface area contributed by atoms with Gasteiger partial charge in [0.25, 0.3) is 0 Å². The fourth-order valence-electron chi connectivity index (χ4n) is 1.84. The molecule has 0 spiro atoms. The summed E-state index contributed by atoms with van der Waals surface area (Å²) in [5.41, 5.74) is 7.80. The highest BCUT2D eigenvalue weighted by atomic mass is 127. The molecule has 0 bridgehead atoms. The van der Waals surface area contributed by atoms with Crippen molar-refractivity contribution < 1.29 is 3.17 Å². The first kappa shape index (κ1) is 12.1. The highest BCUT2D eigenvalue weighted by Gasteiger charge is 2.16. The number of nitrogens with zero attached hydrogens (tertiary/aromatic N) is 2. The van der Waals surface area contributed by atoms with Gasteiger partial charge in [0.1, 0.15) is 23.0 Å². The third kappa shape index (κ3) is 3.31. The number of anilines is 1. The van der Waals surface area contributed by atoms with E-state index in [1.807, 2.05) is 40.2 Å². The lowest BCUT2D eigenvalue weighted by Crippen LogP contribution is -2.44. The van der Waals surface area contributed by atoms with Gasteiger partial charge in [0.05, 0.1) is 0 Å². The molecule has 0 atom stereocenters. The summed E-state index contributed by atoms with van der Waals surface area (Å²) in [6.45, 7) is 5.03. The molecular weight excluding hydrogens is 317 g/mol.